The number of rotatable bonds is 7. The molecule has 1 saturated carbocycles. The Balaban J connectivity index is 1.39. The van der Waals surface area contributed by atoms with Gasteiger partial charge in [-0.15, -0.1) is 0 Å². The van der Waals surface area contributed by atoms with Crippen molar-refractivity contribution < 1.29 is 23.6 Å². The molecule has 6 nitrogen and oxygen atoms in total. The summed E-state index contributed by atoms with van der Waals surface area (Å²) in [6, 6.07) is 7.98. The fraction of sp³-hybridized carbons (Fsp3) is 0.542. The van der Waals surface area contributed by atoms with E-state index in [2.05, 4.69) is 5.16 Å². The van der Waals surface area contributed by atoms with Crippen LogP contribution in [0.4, 0.5) is 0 Å². The van der Waals surface area contributed by atoms with E-state index in [4.69, 9.17) is 14.0 Å². The summed E-state index contributed by atoms with van der Waals surface area (Å²) < 4.78 is 16.9. The van der Waals surface area contributed by atoms with Crippen LogP contribution in [0.15, 0.2) is 28.8 Å². The fourth-order valence-corrected chi connectivity index (χ4v) is 4.85. The van der Waals surface area contributed by atoms with Crippen molar-refractivity contribution in [3.05, 3.63) is 46.8 Å². The summed E-state index contributed by atoms with van der Waals surface area (Å²) in [5, 5.41) is 3.95. The van der Waals surface area contributed by atoms with E-state index in [9.17, 15) is 9.59 Å². The Bertz CT molecular complexity index is 873. The van der Waals surface area contributed by atoms with Gasteiger partial charge >= 0.3 is 5.97 Å². The lowest BCUT2D eigenvalue weighted by Gasteiger charge is -2.41. The predicted molar refractivity (Wildman–Crippen MR) is 110 cm³/mol. The lowest BCUT2D eigenvalue weighted by Crippen LogP contribution is -2.48. The molecular formula is C24H29NO5. The van der Waals surface area contributed by atoms with Gasteiger partial charge in [-0.05, 0) is 63.1 Å². The number of benzene rings is 1. The summed E-state index contributed by atoms with van der Waals surface area (Å²) in [5.74, 6) is 1.51. The van der Waals surface area contributed by atoms with Crippen molar-refractivity contribution in [1.29, 1.82) is 0 Å². The molecule has 2 fully saturated rings. The van der Waals surface area contributed by atoms with Gasteiger partial charge < -0.3 is 14.0 Å². The third-order valence-electron chi connectivity index (χ3n) is 6.58. The van der Waals surface area contributed by atoms with Crippen molar-refractivity contribution in [2.24, 2.45) is 5.92 Å². The van der Waals surface area contributed by atoms with E-state index in [-0.39, 0.29) is 18.2 Å². The van der Waals surface area contributed by atoms with Crippen molar-refractivity contribution in [1.82, 2.24) is 5.16 Å². The van der Waals surface area contributed by atoms with Gasteiger partial charge in [0.15, 0.2) is 0 Å². The molecule has 6 heteroatoms. The number of esters is 1. The quantitative estimate of drug-likeness (QED) is 0.488. The van der Waals surface area contributed by atoms with Crippen molar-refractivity contribution in [2.75, 3.05) is 0 Å². The minimum absolute atomic E-state index is 0.0150. The van der Waals surface area contributed by atoms with Gasteiger partial charge in [0, 0.05) is 6.42 Å². The molecule has 1 aliphatic heterocycles. The minimum atomic E-state index is -0.624. The molecule has 1 aliphatic carbocycles. The first kappa shape index (κ1) is 20.6. The van der Waals surface area contributed by atoms with Crippen LogP contribution in [0, 0.1) is 19.8 Å². The first-order chi connectivity index (χ1) is 14.4. The summed E-state index contributed by atoms with van der Waals surface area (Å²) in [6.45, 7) is 4.20. The second kappa shape index (κ2) is 8.62. The first-order valence-corrected chi connectivity index (χ1v) is 10.8. The zero-order chi connectivity index (χ0) is 21.1. The van der Waals surface area contributed by atoms with Gasteiger partial charge in [-0.2, -0.15) is 0 Å². The zero-order valence-corrected chi connectivity index (χ0v) is 17.7. The van der Waals surface area contributed by atoms with E-state index in [1.54, 1.807) is 0 Å². The van der Waals surface area contributed by atoms with Gasteiger partial charge in [0.1, 0.15) is 35.9 Å². The number of nitrogens with zero attached hydrogens (tertiary/aromatic N) is 1. The minimum Gasteiger partial charge on any atom is -0.489 e. The summed E-state index contributed by atoms with van der Waals surface area (Å²) in [4.78, 5) is 24.2. The number of Topliss-reactive ketones (excluding diaryl/α,β-unsaturated/α-hetero) is 1. The largest absolute Gasteiger partial charge is 0.489 e. The fourth-order valence-electron chi connectivity index (χ4n) is 4.85. The Morgan fingerprint density at radius 1 is 1.13 bits per heavy atom. The van der Waals surface area contributed by atoms with Crippen molar-refractivity contribution in [3.63, 3.8) is 0 Å². The Labute approximate surface area is 176 Å². The van der Waals surface area contributed by atoms with E-state index in [0.717, 1.165) is 60.4 Å². The van der Waals surface area contributed by atoms with Crippen molar-refractivity contribution in [3.8, 4) is 5.75 Å². The molecule has 0 amide bonds. The summed E-state index contributed by atoms with van der Waals surface area (Å²) in [7, 11) is 0. The van der Waals surface area contributed by atoms with E-state index < -0.39 is 5.60 Å². The maximum absolute atomic E-state index is 12.2. The average molecular weight is 411 g/mol. The maximum atomic E-state index is 12.2. The van der Waals surface area contributed by atoms with Crippen LogP contribution in [-0.4, -0.2) is 22.5 Å². The third kappa shape index (κ3) is 4.42. The normalized spacial score (nSPS) is 22.3. The molecular weight excluding hydrogens is 382 g/mol. The van der Waals surface area contributed by atoms with E-state index in [0.29, 0.717) is 25.4 Å². The van der Waals surface area contributed by atoms with Crippen LogP contribution in [0.5, 0.6) is 5.75 Å². The van der Waals surface area contributed by atoms with Gasteiger partial charge in [0.25, 0.3) is 0 Å². The van der Waals surface area contributed by atoms with Crippen LogP contribution in [0.25, 0.3) is 0 Å². The molecule has 0 spiro atoms. The molecule has 2 aliphatic rings. The zero-order valence-electron chi connectivity index (χ0n) is 17.7. The summed E-state index contributed by atoms with van der Waals surface area (Å²) in [6.07, 6.45) is 6.11. The van der Waals surface area contributed by atoms with Crippen LogP contribution in [-0.2, 0) is 27.4 Å². The molecule has 1 atom stereocenters. The molecule has 30 heavy (non-hydrogen) atoms. The predicted octanol–water partition coefficient (Wildman–Crippen LogP) is 4.64. The van der Waals surface area contributed by atoms with Gasteiger partial charge in [0.2, 0.25) is 0 Å². The number of ether oxygens (including phenoxy) is 2. The van der Waals surface area contributed by atoms with Gasteiger partial charge in [-0.1, -0.05) is 30.1 Å². The number of aromatic nitrogens is 1. The van der Waals surface area contributed by atoms with Crippen LogP contribution in [0.3, 0.4) is 0 Å². The van der Waals surface area contributed by atoms with Crippen LogP contribution >= 0.6 is 0 Å². The molecule has 0 bridgehead atoms. The van der Waals surface area contributed by atoms with Crippen LogP contribution in [0.2, 0.25) is 0 Å². The Kier molecular flexibility index (Phi) is 5.93. The molecule has 160 valence electrons. The number of hydrogen-bond acceptors (Lipinski definition) is 6. The molecule has 0 radical (unpaired) electrons. The highest BCUT2D eigenvalue weighted by atomic mass is 16.6. The number of cyclic esters (lactones) is 1. The van der Waals surface area contributed by atoms with Gasteiger partial charge in [0.05, 0.1) is 11.3 Å². The molecule has 0 N–H and O–H groups in total. The SMILES string of the molecule is Cc1noc(C)c1COc1ccc(CCC2(C3CCCC3)CC(=O)CC(=O)O2)cc1. The molecule has 2 aromatic rings. The number of aryl methyl sites for hydroxylation is 3. The van der Waals surface area contributed by atoms with E-state index in [1.165, 1.54) is 0 Å². The monoisotopic (exact) mass is 411 g/mol. The average Bonchev–Trinajstić information content (AvgIpc) is 3.36. The molecule has 2 heterocycles. The van der Waals surface area contributed by atoms with Crippen LogP contribution < -0.4 is 4.74 Å². The lowest BCUT2D eigenvalue weighted by atomic mass is 9.76. The maximum Gasteiger partial charge on any atom is 0.313 e. The number of hydrogen-bond donors (Lipinski definition) is 0. The lowest BCUT2D eigenvalue weighted by molar-refractivity contribution is -0.178. The smallest absolute Gasteiger partial charge is 0.313 e. The highest BCUT2D eigenvalue weighted by Gasteiger charge is 2.47. The third-order valence-corrected chi connectivity index (χ3v) is 6.58. The highest BCUT2D eigenvalue weighted by Crippen LogP contribution is 2.43. The second-order valence-corrected chi connectivity index (χ2v) is 8.65. The molecule has 1 saturated heterocycles. The van der Waals surface area contributed by atoms with E-state index >= 15 is 0 Å². The first-order valence-electron chi connectivity index (χ1n) is 10.8. The van der Waals surface area contributed by atoms with E-state index in [1.807, 2.05) is 38.1 Å². The second-order valence-electron chi connectivity index (χ2n) is 8.65. The summed E-state index contributed by atoms with van der Waals surface area (Å²) >= 11 is 0. The standard InChI is InChI=1S/C24H29NO5/c1-16-22(17(2)30-25-16)15-28-21-9-7-18(8-10-21)11-12-24(19-5-3-4-6-19)14-20(26)13-23(27)29-24/h7-10,19H,3-6,11-15H2,1-2H3. The highest BCUT2D eigenvalue weighted by molar-refractivity contribution is 5.98. The Hall–Kier alpha value is -2.63. The van der Waals surface area contributed by atoms with Crippen molar-refractivity contribution in [2.45, 2.75) is 77.4 Å². The van der Waals surface area contributed by atoms with Gasteiger partial charge in [-0.25, -0.2) is 0 Å². The Morgan fingerprint density at radius 3 is 2.50 bits per heavy atom. The summed E-state index contributed by atoms with van der Waals surface area (Å²) in [5.41, 5.74) is 2.34. The molecule has 1 unspecified atom stereocenters. The molecule has 1 aromatic heterocycles. The topological polar surface area (TPSA) is 78.6 Å². The number of carbonyl (C=O) groups excluding carboxylic acids is 2. The van der Waals surface area contributed by atoms with Crippen molar-refractivity contribution >= 4 is 11.8 Å². The van der Waals surface area contributed by atoms with Gasteiger partial charge in [-0.3, -0.25) is 9.59 Å². The number of ketones is 1. The Morgan fingerprint density at radius 2 is 1.87 bits per heavy atom. The molecule has 4 rings (SSSR count). The number of carbonyl (C=O) groups is 2. The van der Waals surface area contributed by atoms with Crippen LogP contribution in [0.1, 0.15) is 67.5 Å². The molecule has 1 aromatic carbocycles.